The Labute approximate surface area is 621 Å². The van der Waals surface area contributed by atoms with Gasteiger partial charge < -0.3 is 78.9 Å². The molecule has 2 aliphatic rings. The Hall–Kier alpha value is -3.39. The number of ether oxygens (including phenoxy) is 7. The van der Waals surface area contributed by atoms with Gasteiger partial charge in [-0.1, -0.05) is 255 Å². The van der Waals surface area contributed by atoms with Crippen molar-refractivity contribution >= 4 is 43.5 Å². The van der Waals surface area contributed by atoms with E-state index >= 15 is 0 Å². The maximum Gasteiger partial charge on any atom is 0.470 e. The zero-order chi connectivity index (χ0) is 76.5. The first-order valence-electron chi connectivity index (χ1n) is 41.0. The third kappa shape index (κ3) is 47.9. The molecule has 2 amide bonds. The van der Waals surface area contributed by atoms with Crippen molar-refractivity contribution in [2.24, 2.45) is 0 Å². The average Bonchev–Trinajstić information content (AvgIpc) is 0.782. The molecule has 0 radical (unpaired) electrons. The first-order valence-corrected chi connectivity index (χ1v) is 42.5. The van der Waals surface area contributed by atoms with Crippen LogP contribution in [0.25, 0.3) is 0 Å². The van der Waals surface area contributed by atoms with E-state index in [1.807, 2.05) is 20.8 Å². The molecule has 2 fully saturated rings. The third-order valence-corrected chi connectivity index (χ3v) is 20.0. The van der Waals surface area contributed by atoms with Gasteiger partial charge in [-0.2, -0.15) is 0 Å². The highest BCUT2D eigenvalue weighted by molar-refractivity contribution is 7.46. The quantitative estimate of drug-likeness (QED) is 0.0121. The third-order valence-electron chi connectivity index (χ3n) is 19.5. The van der Waals surface area contributed by atoms with Crippen molar-refractivity contribution < 1.29 is 101 Å². The van der Waals surface area contributed by atoms with Crippen molar-refractivity contribution in [1.82, 2.24) is 15.5 Å². The van der Waals surface area contributed by atoms with Crippen LogP contribution < -0.4 is 10.6 Å². The summed E-state index contributed by atoms with van der Waals surface area (Å²) in [5.74, 6) is -3.98. The molecule has 10 unspecified atom stereocenters. The lowest BCUT2D eigenvalue weighted by molar-refractivity contribution is -0.297. The van der Waals surface area contributed by atoms with Gasteiger partial charge in [0.25, 0.3) is 0 Å². The van der Waals surface area contributed by atoms with E-state index in [0.29, 0.717) is 51.4 Å². The minimum atomic E-state index is -5.55. The fourth-order valence-corrected chi connectivity index (χ4v) is 13.7. The maximum absolute atomic E-state index is 14.6. The molecule has 103 heavy (non-hydrogen) atoms. The molecule has 606 valence electrons. The zero-order valence-corrected chi connectivity index (χ0v) is 66.5. The molecular formula is C78H148N3O21P. The summed E-state index contributed by atoms with van der Waals surface area (Å²) in [4.78, 5) is 105. The summed E-state index contributed by atoms with van der Waals surface area (Å²) >= 11 is 0. The second-order valence-corrected chi connectivity index (χ2v) is 29.8. The predicted octanol–water partition coefficient (Wildman–Crippen LogP) is 14.3. The Morgan fingerprint density at radius 3 is 1.10 bits per heavy atom. The van der Waals surface area contributed by atoms with Crippen LogP contribution in [0.1, 0.15) is 351 Å². The van der Waals surface area contributed by atoms with E-state index in [1.54, 1.807) is 0 Å². The standard InChI is InChI=1S/C72H133N2O21P.C6H15N/c1-7-13-19-22-25-28-31-34-40-43-54(89-61(78)46-37-16-10-4)49-59(76)73-65-68(83)67(82)58(92-71(65)84)53-88-72-66(74-60(77)50-55(90-62(79)47-38-17-11-5)44-41-35-32-29-26-23-20-14-8-2)70(69(57(52-75)93-72)95-96(85,86)87)94-64(81)51-56(91-63(80)48-39-18-12-6)45-42-36-33-30-27-24-21-15-9-3;1-4-7(5-2)6-3/h54-58,65-72,75,82-84H,7-53H2,1-6H3,(H,73,76)(H,74,77)(H2,85,86,87);4-6H2,1-3H3/t54-,55-,56-,57?,58?,65?,66?,67?,68?,69?,70?,71?,72?;/m1./s1. The number of nitrogens with one attached hydrogen (secondary N) is 2. The number of aliphatic hydroxyl groups is 4. The van der Waals surface area contributed by atoms with Gasteiger partial charge >= 0.3 is 31.7 Å². The first-order chi connectivity index (χ1) is 49.6. The minimum Gasteiger partial charge on any atom is -0.462 e. The van der Waals surface area contributed by atoms with E-state index in [4.69, 9.17) is 37.7 Å². The molecule has 0 saturated carbocycles. The molecular weight excluding hydrogens is 1350 g/mol. The fraction of sp³-hybridized carbons (Fsp3) is 0.923. The van der Waals surface area contributed by atoms with E-state index in [9.17, 15) is 63.5 Å². The second kappa shape index (κ2) is 62.5. The molecule has 13 atom stereocenters. The van der Waals surface area contributed by atoms with Crippen molar-refractivity contribution in [3.63, 3.8) is 0 Å². The molecule has 0 aromatic heterocycles. The highest BCUT2D eigenvalue weighted by atomic mass is 31.2. The van der Waals surface area contributed by atoms with E-state index in [-0.39, 0.29) is 32.1 Å². The van der Waals surface area contributed by atoms with Gasteiger partial charge in [0.15, 0.2) is 18.7 Å². The minimum absolute atomic E-state index is 0.106. The highest BCUT2D eigenvalue weighted by Crippen LogP contribution is 2.43. The Morgan fingerprint density at radius 2 is 0.757 bits per heavy atom. The van der Waals surface area contributed by atoms with Gasteiger partial charge in [-0.25, -0.2) is 4.57 Å². The van der Waals surface area contributed by atoms with Crippen LogP contribution in [0, 0.1) is 0 Å². The predicted molar refractivity (Wildman–Crippen MR) is 400 cm³/mol. The van der Waals surface area contributed by atoms with Crippen LogP contribution in [-0.2, 0) is 71.0 Å². The van der Waals surface area contributed by atoms with Crippen LogP contribution in [0.5, 0.6) is 0 Å². The normalized spacial score (nSPS) is 21.4. The number of amides is 2. The van der Waals surface area contributed by atoms with E-state index in [1.165, 1.54) is 71.0 Å². The van der Waals surface area contributed by atoms with Crippen molar-refractivity contribution in [2.75, 3.05) is 32.8 Å². The zero-order valence-electron chi connectivity index (χ0n) is 65.6. The fourth-order valence-electron chi connectivity index (χ4n) is 13.1. The number of phosphoric ester groups is 1. The molecule has 24 nitrogen and oxygen atoms in total. The monoisotopic (exact) mass is 1490 g/mol. The summed E-state index contributed by atoms with van der Waals surface area (Å²) in [5, 5.41) is 50.7. The molecule has 0 bridgehead atoms. The lowest BCUT2D eigenvalue weighted by Crippen LogP contribution is -2.67. The molecule has 2 heterocycles. The molecule has 0 aliphatic carbocycles. The smallest absolute Gasteiger partial charge is 0.462 e. The van der Waals surface area contributed by atoms with Crippen molar-refractivity contribution in [2.45, 2.75) is 431 Å². The van der Waals surface area contributed by atoms with Crippen LogP contribution in [-0.4, -0.2) is 183 Å². The average molecular weight is 1500 g/mol. The molecule has 2 aliphatic heterocycles. The molecule has 0 aromatic carbocycles. The molecule has 2 saturated heterocycles. The SMILES string of the molecule is CCCCCCCCCCC[C@H](CC(=O)NC1C(O)OC(COC2OC(CO)C(OP(=O)(O)O)C(OC(=O)C[C@@H](CCCCCCCCCCC)OC(=O)CCCCC)C2NC(=O)C[C@@H](CCCCCCCCCCC)OC(=O)CCCCC)C(O)C1O)OC(=O)CCCCC.CCN(CC)CC. The Morgan fingerprint density at radius 1 is 0.417 bits per heavy atom. The van der Waals surface area contributed by atoms with Gasteiger partial charge in [0.2, 0.25) is 11.8 Å². The van der Waals surface area contributed by atoms with E-state index < -0.39 is 149 Å². The summed E-state index contributed by atoms with van der Waals surface area (Å²) in [6, 6.07) is -3.36. The number of esters is 4. The maximum atomic E-state index is 14.6. The van der Waals surface area contributed by atoms with Crippen molar-refractivity contribution in [1.29, 1.82) is 0 Å². The largest absolute Gasteiger partial charge is 0.470 e. The Kier molecular flexibility index (Phi) is 59.2. The van der Waals surface area contributed by atoms with Gasteiger partial charge in [0.05, 0.1) is 32.5 Å². The van der Waals surface area contributed by atoms with Gasteiger partial charge in [-0.05, 0) is 77.4 Å². The molecule has 0 aromatic rings. The van der Waals surface area contributed by atoms with Gasteiger partial charge in [-0.15, -0.1) is 0 Å². The number of nitrogens with zero attached hydrogens (tertiary/aromatic N) is 1. The van der Waals surface area contributed by atoms with Crippen molar-refractivity contribution in [3.05, 3.63) is 0 Å². The number of carbonyl (C=O) groups excluding carboxylic acids is 6. The number of hydrogen-bond donors (Lipinski definition) is 8. The lowest BCUT2D eigenvalue weighted by Gasteiger charge is -2.46. The number of unbranched alkanes of at least 4 members (excludes halogenated alkanes) is 30. The molecule has 2 rings (SSSR count). The number of rotatable bonds is 63. The number of carbonyl (C=O) groups is 6. The van der Waals surface area contributed by atoms with Crippen LogP contribution in [0.2, 0.25) is 0 Å². The molecule has 0 spiro atoms. The van der Waals surface area contributed by atoms with E-state index in [0.717, 1.165) is 141 Å². The first kappa shape index (κ1) is 97.6. The lowest BCUT2D eigenvalue weighted by atomic mass is 9.95. The summed E-state index contributed by atoms with van der Waals surface area (Å²) in [6.07, 6.45) is 17.1. The summed E-state index contributed by atoms with van der Waals surface area (Å²) < 4.78 is 60.0. The number of aliphatic hydroxyl groups excluding tert-OH is 4. The van der Waals surface area contributed by atoms with Gasteiger partial charge in [-0.3, -0.25) is 33.3 Å². The number of hydrogen-bond acceptors (Lipinski definition) is 20. The van der Waals surface area contributed by atoms with Crippen LogP contribution >= 0.6 is 7.82 Å². The van der Waals surface area contributed by atoms with Gasteiger partial charge in [0.1, 0.15) is 60.9 Å². The van der Waals surface area contributed by atoms with Crippen LogP contribution in [0.3, 0.4) is 0 Å². The highest BCUT2D eigenvalue weighted by Gasteiger charge is 2.53. The Bertz CT molecular complexity index is 2190. The summed E-state index contributed by atoms with van der Waals surface area (Å²) in [7, 11) is -5.55. The topological polar surface area (TPSA) is 342 Å². The van der Waals surface area contributed by atoms with Crippen LogP contribution in [0.4, 0.5) is 0 Å². The van der Waals surface area contributed by atoms with Gasteiger partial charge in [0, 0.05) is 19.3 Å². The van der Waals surface area contributed by atoms with E-state index in [2.05, 4.69) is 57.1 Å². The second-order valence-electron chi connectivity index (χ2n) is 28.6. The Balaban J connectivity index is 0.00000717. The number of phosphoric acid groups is 1. The molecule has 25 heteroatoms. The van der Waals surface area contributed by atoms with Crippen LogP contribution in [0.15, 0.2) is 0 Å². The van der Waals surface area contributed by atoms with Crippen molar-refractivity contribution in [3.8, 4) is 0 Å². The summed E-state index contributed by atoms with van der Waals surface area (Å²) in [6.45, 7) is 20.9. The summed E-state index contributed by atoms with van der Waals surface area (Å²) in [5.41, 5.74) is 0. The molecule has 8 N–H and O–H groups in total.